The lowest BCUT2D eigenvalue weighted by atomic mass is 9.93. The molecular weight excluding hydrogens is 419 g/mol. The topological polar surface area (TPSA) is 63.7 Å². The van der Waals surface area contributed by atoms with Gasteiger partial charge in [-0.2, -0.15) is 13.2 Å². The first-order valence-corrected chi connectivity index (χ1v) is 11.0. The van der Waals surface area contributed by atoms with Gasteiger partial charge in [-0.25, -0.2) is 8.42 Å². The molecule has 1 aliphatic heterocycles. The van der Waals surface area contributed by atoms with Crippen LogP contribution in [-0.2, 0) is 26.6 Å². The van der Waals surface area contributed by atoms with Crippen LogP contribution in [0.5, 0.6) is 5.75 Å². The Kier molecular flexibility index (Phi) is 5.62. The van der Waals surface area contributed by atoms with Crippen LogP contribution in [0.15, 0.2) is 47.4 Å². The molecule has 0 N–H and O–H groups in total. The van der Waals surface area contributed by atoms with Crippen LogP contribution in [0.4, 0.5) is 18.9 Å². The summed E-state index contributed by atoms with van der Waals surface area (Å²) in [6.07, 6.45) is -4.53. The summed E-state index contributed by atoms with van der Waals surface area (Å²) in [7, 11) is -3.87. The van der Waals surface area contributed by atoms with Gasteiger partial charge in [0.25, 0.3) is 0 Å². The Bertz CT molecular complexity index is 1060. The number of alkyl halides is 3. The summed E-state index contributed by atoms with van der Waals surface area (Å²) in [5.74, 6) is -0.0943. The van der Waals surface area contributed by atoms with E-state index in [1.807, 2.05) is 6.92 Å². The SMILES string of the molecule is CCN1C(=O)C(C)(C)COc2cc(CS(=O)(=O)c3ccc(C(F)(F)F)cc3)ccc21. The molecule has 0 spiro atoms. The summed E-state index contributed by atoms with van der Waals surface area (Å²) in [5, 5.41) is 0. The minimum Gasteiger partial charge on any atom is -0.490 e. The number of ether oxygens (including phenoxy) is 1. The molecule has 0 saturated heterocycles. The normalized spacial score (nSPS) is 16.6. The molecule has 0 atom stereocenters. The minimum atomic E-state index is -4.53. The van der Waals surface area contributed by atoms with Gasteiger partial charge in [-0.3, -0.25) is 4.79 Å². The van der Waals surface area contributed by atoms with Crippen molar-refractivity contribution in [2.75, 3.05) is 18.1 Å². The third-order valence-corrected chi connectivity index (χ3v) is 6.65. The Labute approximate surface area is 173 Å². The van der Waals surface area contributed by atoms with E-state index < -0.39 is 32.7 Å². The van der Waals surface area contributed by atoms with E-state index in [0.29, 0.717) is 23.5 Å². The maximum atomic E-state index is 12.7. The highest BCUT2D eigenvalue weighted by molar-refractivity contribution is 7.90. The monoisotopic (exact) mass is 441 g/mol. The van der Waals surface area contributed by atoms with Gasteiger partial charge >= 0.3 is 6.18 Å². The third kappa shape index (κ3) is 4.30. The standard InChI is InChI=1S/C21H22F3NO4S/c1-4-25-17-10-5-14(11-18(17)29-13-20(2,3)19(25)26)12-30(27,28)16-8-6-15(7-9-16)21(22,23)24/h5-11H,4,12-13H2,1-3H3. The lowest BCUT2D eigenvalue weighted by molar-refractivity contribution is -0.137. The van der Waals surface area contributed by atoms with Crippen LogP contribution in [0.1, 0.15) is 31.9 Å². The molecule has 30 heavy (non-hydrogen) atoms. The molecule has 0 fully saturated rings. The van der Waals surface area contributed by atoms with E-state index in [1.165, 1.54) is 0 Å². The number of sulfone groups is 1. The number of amides is 1. The van der Waals surface area contributed by atoms with E-state index in [-0.39, 0.29) is 17.4 Å². The van der Waals surface area contributed by atoms with Crippen molar-refractivity contribution >= 4 is 21.4 Å². The van der Waals surface area contributed by atoms with Gasteiger partial charge < -0.3 is 9.64 Å². The average Bonchev–Trinajstić information content (AvgIpc) is 2.76. The highest BCUT2D eigenvalue weighted by Crippen LogP contribution is 2.37. The zero-order valence-corrected chi connectivity index (χ0v) is 17.6. The van der Waals surface area contributed by atoms with E-state index in [1.54, 1.807) is 36.9 Å². The van der Waals surface area contributed by atoms with Gasteiger partial charge in [0.2, 0.25) is 5.91 Å². The Hall–Kier alpha value is -2.55. The molecule has 3 rings (SSSR count). The molecule has 1 aliphatic rings. The van der Waals surface area contributed by atoms with Gasteiger partial charge in [-0.05, 0) is 62.7 Å². The Morgan fingerprint density at radius 1 is 1.10 bits per heavy atom. The van der Waals surface area contributed by atoms with Crippen molar-refractivity contribution in [2.45, 2.75) is 37.6 Å². The smallest absolute Gasteiger partial charge is 0.416 e. The molecule has 162 valence electrons. The van der Waals surface area contributed by atoms with Crippen LogP contribution >= 0.6 is 0 Å². The molecule has 1 amide bonds. The number of anilines is 1. The number of rotatable bonds is 4. The van der Waals surface area contributed by atoms with E-state index in [4.69, 9.17) is 4.74 Å². The Balaban J connectivity index is 1.90. The molecule has 0 bridgehead atoms. The zero-order valence-electron chi connectivity index (χ0n) is 16.8. The first-order valence-electron chi connectivity index (χ1n) is 9.33. The number of carbonyl (C=O) groups excluding carboxylic acids is 1. The Morgan fingerprint density at radius 3 is 2.30 bits per heavy atom. The fourth-order valence-electron chi connectivity index (χ4n) is 3.25. The van der Waals surface area contributed by atoms with E-state index >= 15 is 0 Å². The molecule has 0 unspecified atom stereocenters. The quantitative estimate of drug-likeness (QED) is 0.703. The number of fused-ring (bicyclic) bond motifs is 1. The molecule has 0 radical (unpaired) electrons. The maximum Gasteiger partial charge on any atom is 0.416 e. The molecule has 0 aromatic heterocycles. The second-order valence-electron chi connectivity index (χ2n) is 7.81. The number of benzene rings is 2. The third-order valence-electron chi connectivity index (χ3n) is 4.94. The van der Waals surface area contributed by atoms with Crippen LogP contribution in [0, 0.1) is 5.41 Å². The fourth-order valence-corrected chi connectivity index (χ4v) is 4.59. The van der Waals surface area contributed by atoms with Crippen molar-refractivity contribution < 1.29 is 31.1 Å². The van der Waals surface area contributed by atoms with Gasteiger partial charge in [0, 0.05) is 6.54 Å². The summed E-state index contributed by atoms with van der Waals surface area (Å²) in [6, 6.07) is 8.19. The highest BCUT2D eigenvalue weighted by Gasteiger charge is 2.37. The van der Waals surface area contributed by atoms with Crippen molar-refractivity contribution in [3.8, 4) is 5.75 Å². The average molecular weight is 441 g/mol. The molecular formula is C21H22F3NO4S. The molecule has 0 aliphatic carbocycles. The number of hydrogen-bond donors (Lipinski definition) is 0. The second-order valence-corrected chi connectivity index (χ2v) is 9.79. The van der Waals surface area contributed by atoms with Crippen LogP contribution in [0.3, 0.4) is 0 Å². The van der Waals surface area contributed by atoms with Crippen molar-refractivity contribution in [2.24, 2.45) is 5.41 Å². The van der Waals surface area contributed by atoms with Crippen LogP contribution in [0.2, 0.25) is 0 Å². The number of carbonyl (C=O) groups is 1. The number of nitrogens with zero attached hydrogens (tertiary/aromatic N) is 1. The first-order chi connectivity index (χ1) is 13.8. The van der Waals surface area contributed by atoms with Crippen molar-refractivity contribution in [3.05, 3.63) is 53.6 Å². The second kappa shape index (κ2) is 7.61. The molecule has 2 aromatic carbocycles. The summed E-state index contributed by atoms with van der Waals surface area (Å²) in [5.41, 5.74) is -0.672. The maximum absolute atomic E-state index is 12.7. The van der Waals surface area contributed by atoms with Crippen LogP contribution in [0.25, 0.3) is 0 Å². The highest BCUT2D eigenvalue weighted by atomic mass is 32.2. The van der Waals surface area contributed by atoms with Crippen molar-refractivity contribution in [1.29, 1.82) is 0 Å². The lowest BCUT2D eigenvalue weighted by Crippen LogP contribution is -2.42. The predicted molar refractivity (Wildman–Crippen MR) is 106 cm³/mol. The molecule has 0 saturated carbocycles. The summed E-state index contributed by atoms with van der Waals surface area (Å²) >= 11 is 0. The van der Waals surface area contributed by atoms with Crippen molar-refractivity contribution in [1.82, 2.24) is 0 Å². The van der Waals surface area contributed by atoms with E-state index in [2.05, 4.69) is 0 Å². The Morgan fingerprint density at radius 2 is 1.73 bits per heavy atom. The predicted octanol–water partition coefficient (Wildman–Crippen LogP) is 4.45. The fraction of sp³-hybridized carbons (Fsp3) is 0.381. The van der Waals surface area contributed by atoms with E-state index in [9.17, 15) is 26.4 Å². The largest absolute Gasteiger partial charge is 0.490 e. The summed E-state index contributed by atoms with van der Waals surface area (Å²) in [4.78, 5) is 14.1. The molecule has 2 aromatic rings. The molecule has 5 nitrogen and oxygen atoms in total. The van der Waals surface area contributed by atoms with Gasteiger partial charge in [0.15, 0.2) is 9.84 Å². The van der Waals surface area contributed by atoms with Gasteiger partial charge in [-0.15, -0.1) is 0 Å². The summed E-state index contributed by atoms with van der Waals surface area (Å²) in [6.45, 7) is 5.97. The first kappa shape index (κ1) is 22.1. The number of halogens is 3. The molecule has 1 heterocycles. The lowest BCUT2D eigenvalue weighted by Gasteiger charge is -2.26. The summed E-state index contributed by atoms with van der Waals surface area (Å²) < 4.78 is 69.3. The zero-order chi connectivity index (χ0) is 22.3. The van der Waals surface area contributed by atoms with Crippen LogP contribution in [-0.4, -0.2) is 27.5 Å². The molecule has 9 heteroatoms. The number of hydrogen-bond acceptors (Lipinski definition) is 4. The van der Waals surface area contributed by atoms with Gasteiger partial charge in [-0.1, -0.05) is 6.07 Å². The van der Waals surface area contributed by atoms with Gasteiger partial charge in [0.05, 0.1) is 27.3 Å². The van der Waals surface area contributed by atoms with Crippen molar-refractivity contribution in [3.63, 3.8) is 0 Å². The minimum absolute atomic E-state index is 0.0890. The van der Waals surface area contributed by atoms with Crippen LogP contribution < -0.4 is 9.64 Å². The van der Waals surface area contributed by atoms with Gasteiger partial charge in [0.1, 0.15) is 12.4 Å². The van der Waals surface area contributed by atoms with E-state index in [0.717, 1.165) is 24.3 Å².